The van der Waals surface area contributed by atoms with Crippen LogP contribution in [0.2, 0.25) is 0 Å². The van der Waals surface area contributed by atoms with Crippen LogP contribution in [0.5, 0.6) is 0 Å². The first-order valence-electron chi connectivity index (χ1n) is 6.57. The van der Waals surface area contributed by atoms with Crippen molar-refractivity contribution in [2.75, 3.05) is 26.8 Å². The number of rotatable bonds is 6. The maximum Gasteiger partial charge on any atom is 0.0587 e. The van der Waals surface area contributed by atoms with Crippen molar-refractivity contribution in [1.29, 1.82) is 0 Å². The highest BCUT2D eigenvalue weighted by atomic mass is 16.5. The minimum Gasteiger partial charge on any atom is -0.383 e. The number of methoxy groups -OCH3 is 1. The molecule has 0 heterocycles. The largest absolute Gasteiger partial charge is 0.383 e. The van der Waals surface area contributed by atoms with Gasteiger partial charge >= 0.3 is 0 Å². The maximum atomic E-state index is 5.94. The van der Waals surface area contributed by atoms with E-state index in [0.717, 1.165) is 31.5 Å². The van der Waals surface area contributed by atoms with Gasteiger partial charge in [-0.05, 0) is 37.5 Å². The van der Waals surface area contributed by atoms with Crippen LogP contribution >= 0.6 is 0 Å². The quantitative estimate of drug-likeness (QED) is 0.681. The summed E-state index contributed by atoms with van der Waals surface area (Å²) in [6.45, 7) is 7.11. The van der Waals surface area contributed by atoms with Crippen molar-refractivity contribution in [3.05, 3.63) is 0 Å². The SMILES string of the molecule is COCCNC1(CN)CCC(C(C)C)CC1. The van der Waals surface area contributed by atoms with E-state index < -0.39 is 0 Å². The first-order chi connectivity index (χ1) is 7.63. The van der Waals surface area contributed by atoms with E-state index in [9.17, 15) is 0 Å². The molecule has 0 aromatic rings. The van der Waals surface area contributed by atoms with Crippen molar-refractivity contribution in [2.24, 2.45) is 17.6 Å². The van der Waals surface area contributed by atoms with Crippen LogP contribution in [-0.2, 0) is 4.74 Å². The fraction of sp³-hybridized carbons (Fsp3) is 1.00. The Balaban J connectivity index is 2.38. The summed E-state index contributed by atoms with van der Waals surface area (Å²) in [7, 11) is 1.74. The van der Waals surface area contributed by atoms with Gasteiger partial charge in [-0.2, -0.15) is 0 Å². The molecule has 0 atom stereocenters. The third kappa shape index (κ3) is 3.72. The fourth-order valence-corrected chi connectivity index (χ4v) is 2.73. The average molecular weight is 228 g/mol. The van der Waals surface area contributed by atoms with Crippen LogP contribution < -0.4 is 11.1 Å². The summed E-state index contributed by atoms with van der Waals surface area (Å²) >= 11 is 0. The van der Waals surface area contributed by atoms with Gasteiger partial charge in [-0.15, -0.1) is 0 Å². The van der Waals surface area contributed by atoms with Gasteiger partial charge in [0.1, 0.15) is 0 Å². The summed E-state index contributed by atoms with van der Waals surface area (Å²) in [5.74, 6) is 1.71. The van der Waals surface area contributed by atoms with Crippen LogP contribution in [0.1, 0.15) is 39.5 Å². The Labute approximate surface area is 100 Å². The van der Waals surface area contributed by atoms with Gasteiger partial charge in [0.05, 0.1) is 6.61 Å². The zero-order chi connectivity index (χ0) is 12.0. The number of hydrogen-bond acceptors (Lipinski definition) is 3. The van der Waals surface area contributed by atoms with E-state index in [1.165, 1.54) is 25.7 Å². The molecule has 1 aliphatic carbocycles. The average Bonchev–Trinajstić information content (AvgIpc) is 2.30. The second-order valence-corrected chi connectivity index (χ2v) is 5.49. The molecular weight excluding hydrogens is 200 g/mol. The van der Waals surface area contributed by atoms with Crippen LogP contribution in [0.3, 0.4) is 0 Å². The molecule has 1 rings (SSSR count). The second-order valence-electron chi connectivity index (χ2n) is 5.49. The summed E-state index contributed by atoms with van der Waals surface area (Å²) in [6.07, 6.45) is 5.07. The standard InChI is InChI=1S/C13H28N2O/c1-11(2)12-4-6-13(10-14,7-5-12)15-8-9-16-3/h11-12,15H,4-10,14H2,1-3H3. The van der Waals surface area contributed by atoms with Gasteiger partial charge in [0, 0.05) is 25.7 Å². The number of nitrogens with one attached hydrogen (secondary N) is 1. The van der Waals surface area contributed by atoms with E-state index >= 15 is 0 Å². The fourth-order valence-electron chi connectivity index (χ4n) is 2.73. The molecule has 0 aliphatic heterocycles. The highest BCUT2D eigenvalue weighted by Crippen LogP contribution is 2.35. The molecule has 3 N–H and O–H groups in total. The monoisotopic (exact) mass is 228 g/mol. The van der Waals surface area contributed by atoms with E-state index in [1.54, 1.807) is 7.11 Å². The van der Waals surface area contributed by atoms with Crippen molar-refractivity contribution in [1.82, 2.24) is 5.32 Å². The van der Waals surface area contributed by atoms with Crippen molar-refractivity contribution in [2.45, 2.75) is 45.1 Å². The maximum absolute atomic E-state index is 5.94. The summed E-state index contributed by atoms with van der Waals surface area (Å²) in [5.41, 5.74) is 6.12. The number of hydrogen-bond donors (Lipinski definition) is 2. The summed E-state index contributed by atoms with van der Waals surface area (Å²) in [6, 6.07) is 0. The van der Waals surface area contributed by atoms with Crippen molar-refractivity contribution in [3.8, 4) is 0 Å². The Morgan fingerprint density at radius 2 is 2.00 bits per heavy atom. The Bertz CT molecular complexity index is 186. The molecule has 1 fully saturated rings. The van der Waals surface area contributed by atoms with Gasteiger partial charge in [-0.25, -0.2) is 0 Å². The smallest absolute Gasteiger partial charge is 0.0587 e. The highest BCUT2D eigenvalue weighted by molar-refractivity contribution is 4.94. The molecule has 0 bridgehead atoms. The molecule has 3 heteroatoms. The predicted octanol–water partition coefficient (Wildman–Crippen LogP) is 1.77. The zero-order valence-electron chi connectivity index (χ0n) is 11.1. The lowest BCUT2D eigenvalue weighted by atomic mass is 9.73. The highest BCUT2D eigenvalue weighted by Gasteiger charge is 2.34. The van der Waals surface area contributed by atoms with Gasteiger partial charge < -0.3 is 15.8 Å². The van der Waals surface area contributed by atoms with E-state index in [4.69, 9.17) is 10.5 Å². The summed E-state index contributed by atoms with van der Waals surface area (Å²) < 4.78 is 5.08. The molecule has 0 amide bonds. The molecule has 1 aliphatic rings. The van der Waals surface area contributed by atoms with Gasteiger partial charge in [0.2, 0.25) is 0 Å². The predicted molar refractivity (Wildman–Crippen MR) is 68.5 cm³/mol. The molecule has 0 unspecified atom stereocenters. The van der Waals surface area contributed by atoms with Gasteiger partial charge in [-0.3, -0.25) is 0 Å². The molecule has 0 aromatic carbocycles. The molecule has 0 radical (unpaired) electrons. The third-order valence-electron chi connectivity index (χ3n) is 4.13. The van der Waals surface area contributed by atoms with Crippen molar-refractivity contribution in [3.63, 3.8) is 0 Å². The molecule has 0 spiro atoms. The minimum absolute atomic E-state index is 0.184. The minimum atomic E-state index is 0.184. The van der Waals surface area contributed by atoms with Gasteiger partial charge in [0.15, 0.2) is 0 Å². The lowest BCUT2D eigenvalue weighted by molar-refractivity contribution is 0.142. The van der Waals surface area contributed by atoms with E-state index in [1.807, 2.05) is 0 Å². The lowest BCUT2D eigenvalue weighted by Crippen LogP contribution is -2.54. The van der Waals surface area contributed by atoms with E-state index in [2.05, 4.69) is 19.2 Å². The molecule has 16 heavy (non-hydrogen) atoms. The van der Waals surface area contributed by atoms with Crippen LogP contribution in [0.25, 0.3) is 0 Å². The number of nitrogens with two attached hydrogens (primary N) is 1. The van der Waals surface area contributed by atoms with E-state index in [-0.39, 0.29) is 5.54 Å². The van der Waals surface area contributed by atoms with Gasteiger partial charge in [0.25, 0.3) is 0 Å². The zero-order valence-corrected chi connectivity index (χ0v) is 11.1. The first-order valence-corrected chi connectivity index (χ1v) is 6.57. The Kier molecular flexibility index (Phi) is 5.73. The Hall–Kier alpha value is -0.120. The van der Waals surface area contributed by atoms with Crippen molar-refractivity contribution >= 4 is 0 Å². The molecule has 0 saturated heterocycles. The van der Waals surface area contributed by atoms with Crippen molar-refractivity contribution < 1.29 is 4.74 Å². The van der Waals surface area contributed by atoms with Crippen LogP contribution in [0.4, 0.5) is 0 Å². The first kappa shape index (κ1) is 13.9. The molecular formula is C13H28N2O. The number of ether oxygens (including phenoxy) is 1. The Morgan fingerprint density at radius 1 is 1.38 bits per heavy atom. The molecule has 0 aromatic heterocycles. The Morgan fingerprint density at radius 3 is 2.44 bits per heavy atom. The van der Waals surface area contributed by atoms with Crippen LogP contribution in [-0.4, -0.2) is 32.3 Å². The normalized spacial score (nSPS) is 30.9. The second kappa shape index (κ2) is 6.58. The van der Waals surface area contributed by atoms with E-state index in [0.29, 0.717) is 0 Å². The summed E-state index contributed by atoms with van der Waals surface area (Å²) in [5, 5.41) is 3.60. The van der Waals surface area contributed by atoms with Gasteiger partial charge in [-0.1, -0.05) is 13.8 Å². The lowest BCUT2D eigenvalue weighted by Gasteiger charge is -2.41. The topological polar surface area (TPSA) is 47.3 Å². The molecule has 1 saturated carbocycles. The molecule has 3 nitrogen and oxygen atoms in total. The third-order valence-corrected chi connectivity index (χ3v) is 4.13. The summed E-state index contributed by atoms with van der Waals surface area (Å²) in [4.78, 5) is 0. The van der Waals surface area contributed by atoms with Crippen LogP contribution in [0, 0.1) is 11.8 Å². The van der Waals surface area contributed by atoms with Crippen LogP contribution in [0.15, 0.2) is 0 Å². The molecule has 96 valence electrons.